The second-order valence-electron chi connectivity index (χ2n) is 8.29. The van der Waals surface area contributed by atoms with Crippen molar-refractivity contribution in [1.29, 1.82) is 0 Å². The quantitative estimate of drug-likeness (QED) is 0.518. The van der Waals surface area contributed by atoms with Crippen molar-refractivity contribution >= 4 is 17.6 Å². The molecule has 1 aromatic carbocycles. The average molecular weight is 507 g/mol. The number of carboxylic acid groups (broad SMARTS) is 1. The predicted octanol–water partition coefficient (Wildman–Crippen LogP) is 3.38. The van der Waals surface area contributed by atoms with Crippen molar-refractivity contribution in [1.82, 2.24) is 20.4 Å². The number of pyridine rings is 1. The Labute approximate surface area is 202 Å². The molecule has 190 valence electrons. The maximum absolute atomic E-state index is 13.5. The molecule has 1 atom stereocenters. The molecule has 2 aromatic heterocycles. The predicted molar refractivity (Wildman–Crippen MR) is 117 cm³/mol. The summed E-state index contributed by atoms with van der Waals surface area (Å²) in [5, 5.41) is 14.7. The lowest BCUT2D eigenvalue weighted by Gasteiger charge is -2.19. The summed E-state index contributed by atoms with van der Waals surface area (Å²) in [5.74, 6) is -2.49. The van der Waals surface area contributed by atoms with Gasteiger partial charge in [0.25, 0.3) is 0 Å². The van der Waals surface area contributed by atoms with Crippen LogP contribution >= 0.6 is 0 Å². The summed E-state index contributed by atoms with van der Waals surface area (Å²) in [4.78, 5) is 32.1. The van der Waals surface area contributed by atoms with Gasteiger partial charge in [-0.25, -0.2) is 9.18 Å². The SMILES string of the molecule is Cc1ncc2c(c1-c1noc(C3CC(=O)N(c4cccc(F)c4)C3)n1)CCNC2.O=C(O)C(F)(F)F. The first-order valence-corrected chi connectivity index (χ1v) is 10.9. The van der Waals surface area contributed by atoms with Crippen LogP contribution < -0.4 is 10.2 Å². The molecule has 2 N–H and O–H groups in total. The number of carbonyl (C=O) groups excluding carboxylic acids is 1. The smallest absolute Gasteiger partial charge is 0.475 e. The largest absolute Gasteiger partial charge is 0.490 e. The molecule has 1 saturated heterocycles. The Morgan fingerprint density at radius 2 is 2.06 bits per heavy atom. The number of benzene rings is 1. The number of nitrogens with zero attached hydrogens (tertiary/aromatic N) is 4. The fraction of sp³-hybridized carbons (Fsp3) is 0.348. The van der Waals surface area contributed by atoms with Crippen molar-refractivity contribution in [2.75, 3.05) is 18.0 Å². The van der Waals surface area contributed by atoms with Crippen molar-refractivity contribution < 1.29 is 36.8 Å². The van der Waals surface area contributed by atoms with Gasteiger partial charge in [-0.3, -0.25) is 9.78 Å². The second kappa shape index (κ2) is 10.0. The molecule has 2 aliphatic heterocycles. The van der Waals surface area contributed by atoms with Gasteiger partial charge in [-0.1, -0.05) is 11.2 Å². The summed E-state index contributed by atoms with van der Waals surface area (Å²) in [5.41, 5.74) is 4.68. The first kappa shape index (κ1) is 25.2. The van der Waals surface area contributed by atoms with Gasteiger partial charge in [0.15, 0.2) is 0 Å². The Balaban J connectivity index is 0.000000384. The normalized spacial score (nSPS) is 17.4. The maximum Gasteiger partial charge on any atom is 0.490 e. The van der Waals surface area contributed by atoms with Gasteiger partial charge in [0.2, 0.25) is 17.6 Å². The van der Waals surface area contributed by atoms with E-state index in [4.69, 9.17) is 14.4 Å². The number of halogens is 4. The Kier molecular flexibility index (Phi) is 7.02. The number of alkyl halides is 3. The highest BCUT2D eigenvalue weighted by Crippen LogP contribution is 2.34. The van der Waals surface area contributed by atoms with Gasteiger partial charge >= 0.3 is 12.1 Å². The number of aromatic nitrogens is 3. The highest BCUT2D eigenvalue weighted by Gasteiger charge is 2.38. The van der Waals surface area contributed by atoms with Gasteiger partial charge in [-0.15, -0.1) is 0 Å². The third-order valence-electron chi connectivity index (χ3n) is 5.83. The number of hydrogen-bond acceptors (Lipinski definition) is 7. The Morgan fingerprint density at radius 3 is 2.75 bits per heavy atom. The molecule has 5 rings (SSSR count). The molecule has 2 aliphatic rings. The molecular formula is C23H21F4N5O4. The molecule has 0 aliphatic carbocycles. The van der Waals surface area contributed by atoms with Crippen LogP contribution in [-0.4, -0.2) is 51.4 Å². The molecule has 0 saturated carbocycles. The number of hydrogen-bond donors (Lipinski definition) is 2. The van der Waals surface area contributed by atoms with Crippen LogP contribution in [0, 0.1) is 12.7 Å². The van der Waals surface area contributed by atoms with Crippen LogP contribution in [0.25, 0.3) is 11.4 Å². The summed E-state index contributed by atoms with van der Waals surface area (Å²) in [7, 11) is 0. The molecule has 0 radical (unpaired) electrons. The fourth-order valence-electron chi connectivity index (χ4n) is 4.14. The van der Waals surface area contributed by atoms with Crippen molar-refractivity contribution in [2.45, 2.75) is 38.4 Å². The third kappa shape index (κ3) is 5.35. The van der Waals surface area contributed by atoms with E-state index in [1.807, 2.05) is 13.1 Å². The zero-order valence-corrected chi connectivity index (χ0v) is 19.0. The average Bonchev–Trinajstić information content (AvgIpc) is 3.45. The third-order valence-corrected chi connectivity index (χ3v) is 5.83. The van der Waals surface area contributed by atoms with Crippen molar-refractivity contribution in [3.05, 3.63) is 59.0 Å². The Hall–Kier alpha value is -3.87. The lowest BCUT2D eigenvalue weighted by molar-refractivity contribution is -0.192. The molecule has 13 heteroatoms. The number of anilines is 1. The van der Waals surface area contributed by atoms with Crippen LogP contribution in [0.2, 0.25) is 0 Å². The van der Waals surface area contributed by atoms with Crippen LogP contribution in [0.1, 0.15) is 35.1 Å². The molecular weight excluding hydrogens is 486 g/mol. The number of nitrogens with one attached hydrogen (secondary N) is 1. The lowest BCUT2D eigenvalue weighted by Crippen LogP contribution is -2.25. The number of amides is 1. The molecule has 4 heterocycles. The zero-order valence-electron chi connectivity index (χ0n) is 19.0. The topological polar surface area (TPSA) is 121 Å². The maximum atomic E-state index is 13.5. The number of carbonyl (C=O) groups is 2. The molecule has 9 nitrogen and oxygen atoms in total. The van der Waals surface area contributed by atoms with Gasteiger partial charge in [0, 0.05) is 42.7 Å². The van der Waals surface area contributed by atoms with E-state index in [2.05, 4.69) is 20.4 Å². The highest BCUT2D eigenvalue weighted by atomic mass is 19.4. The monoisotopic (exact) mass is 507 g/mol. The van der Waals surface area contributed by atoms with E-state index < -0.39 is 12.1 Å². The number of aryl methyl sites for hydroxylation is 1. The Bertz CT molecular complexity index is 1290. The summed E-state index contributed by atoms with van der Waals surface area (Å²) < 4.78 is 50.8. The van der Waals surface area contributed by atoms with Crippen molar-refractivity contribution in [2.24, 2.45) is 0 Å². The fourth-order valence-corrected chi connectivity index (χ4v) is 4.14. The molecule has 3 aromatic rings. The number of rotatable bonds is 3. The molecule has 1 fully saturated rings. The molecule has 0 spiro atoms. The second-order valence-corrected chi connectivity index (χ2v) is 8.29. The van der Waals surface area contributed by atoms with E-state index in [1.165, 1.54) is 17.7 Å². The van der Waals surface area contributed by atoms with Gasteiger partial charge in [-0.05, 0) is 49.2 Å². The summed E-state index contributed by atoms with van der Waals surface area (Å²) in [6.45, 7) is 4.00. The highest BCUT2D eigenvalue weighted by molar-refractivity contribution is 5.96. The molecule has 0 bridgehead atoms. The number of carboxylic acids is 1. The van der Waals surface area contributed by atoms with Crippen LogP contribution in [0.5, 0.6) is 0 Å². The van der Waals surface area contributed by atoms with E-state index in [1.54, 1.807) is 17.0 Å². The van der Waals surface area contributed by atoms with E-state index in [9.17, 15) is 22.4 Å². The van der Waals surface area contributed by atoms with Crippen LogP contribution in [-0.2, 0) is 22.6 Å². The first-order chi connectivity index (χ1) is 17.0. The van der Waals surface area contributed by atoms with Crippen LogP contribution in [0.3, 0.4) is 0 Å². The van der Waals surface area contributed by atoms with Crippen LogP contribution in [0.15, 0.2) is 35.0 Å². The van der Waals surface area contributed by atoms with Gasteiger partial charge in [-0.2, -0.15) is 18.2 Å². The van der Waals surface area contributed by atoms with E-state index in [0.29, 0.717) is 23.9 Å². The van der Waals surface area contributed by atoms with E-state index in [-0.39, 0.29) is 24.1 Å². The van der Waals surface area contributed by atoms with E-state index >= 15 is 0 Å². The van der Waals surface area contributed by atoms with Gasteiger partial charge in [0.1, 0.15) is 5.82 Å². The minimum atomic E-state index is -5.08. The first-order valence-electron chi connectivity index (χ1n) is 10.9. The lowest BCUT2D eigenvalue weighted by atomic mass is 9.95. The number of fused-ring (bicyclic) bond motifs is 1. The standard InChI is InChI=1S/C21H20FN5O2.C2HF3O2/c1-12-19(17-5-6-23-9-14(17)10-24-12)20-25-21(29-26-20)13-7-18(28)27(11-13)16-4-2-3-15(22)8-16;3-2(4,5)1(6)7/h2-4,8,10,13,23H,5-7,9,11H2,1H3;(H,6,7). The summed E-state index contributed by atoms with van der Waals surface area (Å²) >= 11 is 0. The Morgan fingerprint density at radius 1 is 1.31 bits per heavy atom. The van der Waals surface area contributed by atoms with Crippen molar-refractivity contribution in [3.63, 3.8) is 0 Å². The molecule has 36 heavy (non-hydrogen) atoms. The summed E-state index contributed by atoms with van der Waals surface area (Å²) in [6, 6.07) is 6.04. The number of aliphatic carboxylic acids is 1. The minimum Gasteiger partial charge on any atom is -0.475 e. The molecule has 1 unspecified atom stereocenters. The van der Waals surface area contributed by atoms with Gasteiger partial charge < -0.3 is 19.8 Å². The summed E-state index contributed by atoms with van der Waals surface area (Å²) in [6.07, 6.45) is -2.05. The minimum absolute atomic E-state index is 0.0821. The van der Waals surface area contributed by atoms with Gasteiger partial charge in [0.05, 0.1) is 5.92 Å². The van der Waals surface area contributed by atoms with Crippen LogP contribution in [0.4, 0.5) is 23.2 Å². The van der Waals surface area contributed by atoms with E-state index in [0.717, 1.165) is 36.3 Å². The van der Waals surface area contributed by atoms with Crippen molar-refractivity contribution in [3.8, 4) is 11.4 Å². The zero-order chi connectivity index (χ0) is 26.0. The molecule has 1 amide bonds.